The zero-order valence-corrected chi connectivity index (χ0v) is 18.5. The third-order valence-electron chi connectivity index (χ3n) is 4.57. The largest absolute Gasteiger partial charge is 0.496 e. The van der Waals surface area contributed by atoms with Crippen molar-refractivity contribution < 1.29 is 19.1 Å². The number of rotatable bonds is 6. The molecule has 2 heterocycles. The van der Waals surface area contributed by atoms with Gasteiger partial charge in [0.25, 0.3) is 5.91 Å². The molecule has 2 amide bonds. The van der Waals surface area contributed by atoms with Crippen molar-refractivity contribution in [2.75, 3.05) is 30.5 Å². The highest BCUT2D eigenvalue weighted by atomic mass is 79.9. The number of aromatic nitrogens is 1. The number of carbonyl (C=O) groups is 2. The van der Waals surface area contributed by atoms with Crippen LogP contribution in [0.15, 0.2) is 52.3 Å². The normalized spacial score (nSPS) is 12.9. The Morgan fingerprint density at radius 1 is 1.33 bits per heavy atom. The fourth-order valence-electron chi connectivity index (χ4n) is 3.08. The van der Waals surface area contributed by atoms with Crippen molar-refractivity contribution in [2.45, 2.75) is 6.42 Å². The first-order valence-electron chi connectivity index (χ1n) is 9.16. The highest BCUT2D eigenvalue weighted by molar-refractivity contribution is 9.10. The maximum atomic E-state index is 12.4. The number of anilines is 2. The van der Waals surface area contributed by atoms with Crippen molar-refractivity contribution in [3.63, 3.8) is 0 Å². The number of para-hydroxylation sites is 2. The zero-order valence-electron chi connectivity index (χ0n) is 16.1. The molecule has 1 N–H and O–H groups in total. The third-order valence-corrected chi connectivity index (χ3v) is 5.95. The number of benzene rings is 2. The Balaban J connectivity index is 1.39. The first-order chi connectivity index (χ1) is 14.5. The van der Waals surface area contributed by atoms with Crippen LogP contribution in [0.3, 0.4) is 0 Å². The van der Waals surface area contributed by atoms with Crippen LogP contribution in [0, 0.1) is 0 Å². The molecular weight excluding hydrogens is 470 g/mol. The molecule has 3 aromatic rings. The number of nitrogens with zero attached hydrogens (tertiary/aromatic N) is 2. The van der Waals surface area contributed by atoms with Crippen molar-refractivity contribution in [3.05, 3.63) is 52.3 Å². The van der Waals surface area contributed by atoms with E-state index in [2.05, 4.69) is 26.2 Å². The number of fused-ring (bicyclic) bond motifs is 1. The van der Waals surface area contributed by atoms with Gasteiger partial charge in [-0.25, -0.2) is 4.98 Å². The second-order valence-electron chi connectivity index (χ2n) is 6.49. The minimum absolute atomic E-state index is 0.0219. The molecule has 0 fully saturated rings. The molecule has 30 heavy (non-hydrogen) atoms. The molecule has 0 aliphatic carbocycles. The van der Waals surface area contributed by atoms with E-state index >= 15 is 0 Å². The van der Waals surface area contributed by atoms with Gasteiger partial charge in [-0.15, -0.1) is 11.3 Å². The van der Waals surface area contributed by atoms with Crippen LogP contribution in [0.25, 0.3) is 11.3 Å². The van der Waals surface area contributed by atoms with Crippen molar-refractivity contribution in [3.8, 4) is 22.8 Å². The van der Waals surface area contributed by atoms with Crippen LogP contribution < -0.4 is 19.7 Å². The summed E-state index contributed by atoms with van der Waals surface area (Å²) < 4.78 is 11.5. The Morgan fingerprint density at radius 2 is 2.17 bits per heavy atom. The molecule has 0 atom stereocenters. The zero-order chi connectivity index (χ0) is 21.1. The van der Waals surface area contributed by atoms with Crippen LogP contribution in [0.5, 0.6) is 11.5 Å². The molecule has 9 heteroatoms. The summed E-state index contributed by atoms with van der Waals surface area (Å²) in [5.41, 5.74) is 2.36. The summed E-state index contributed by atoms with van der Waals surface area (Å²) in [6.07, 6.45) is 0.156. The van der Waals surface area contributed by atoms with E-state index < -0.39 is 0 Å². The van der Waals surface area contributed by atoms with Crippen LogP contribution in [-0.4, -0.2) is 37.1 Å². The molecule has 0 bridgehead atoms. The Morgan fingerprint density at radius 3 is 2.97 bits per heavy atom. The quantitative estimate of drug-likeness (QED) is 0.559. The van der Waals surface area contributed by atoms with E-state index in [4.69, 9.17) is 9.47 Å². The number of hydrogen-bond acceptors (Lipinski definition) is 6. The summed E-state index contributed by atoms with van der Waals surface area (Å²) in [5, 5.41) is 5.20. The minimum Gasteiger partial charge on any atom is -0.496 e. The highest BCUT2D eigenvalue weighted by Gasteiger charge is 2.25. The van der Waals surface area contributed by atoms with Gasteiger partial charge in [-0.05, 0) is 46.3 Å². The Bertz CT molecular complexity index is 1100. The number of hydrogen-bond donors (Lipinski definition) is 1. The first-order valence-corrected chi connectivity index (χ1v) is 10.8. The van der Waals surface area contributed by atoms with Gasteiger partial charge in [0.1, 0.15) is 11.5 Å². The Kier molecular flexibility index (Phi) is 6.01. The molecule has 0 unspecified atom stereocenters. The number of nitrogens with one attached hydrogen (secondary N) is 1. The van der Waals surface area contributed by atoms with Gasteiger partial charge in [0, 0.05) is 23.9 Å². The number of ether oxygens (including phenoxy) is 2. The number of halogens is 1. The SMILES string of the molecule is COc1ccc(-c2csc(NC(=O)CCN3C(=O)COc4ccccc43)n2)cc1Br. The van der Waals surface area contributed by atoms with Gasteiger partial charge in [0.2, 0.25) is 5.91 Å². The fraction of sp³-hybridized carbons (Fsp3) is 0.190. The molecular formula is C21H18BrN3O4S. The summed E-state index contributed by atoms with van der Waals surface area (Å²) in [4.78, 5) is 30.7. The second kappa shape index (κ2) is 8.85. The summed E-state index contributed by atoms with van der Waals surface area (Å²) in [6, 6.07) is 13.0. The Labute approximate surface area is 185 Å². The van der Waals surface area contributed by atoms with E-state index in [1.54, 1.807) is 12.0 Å². The summed E-state index contributed by atoms with van der Waals surface area (Å²) in [7, 11) is 1.61. The van der Waals surface area contributed by atoms with Crippen molar-refractivity contribution in [1.29, 1.82) is 0 Å². The van der Waals surface area contributed by atoms with Crippen LogP contribution >= 0.6 is 27.3 Å². The molecule has 2 aromatic carbocycles. The van der Waals surface area contributed by atoms with Crippen molar-refractivity contribution in [1.82, 2.24) is 4.98 Å². The molecule has 0 spiro atoms. The van der Waals surface area contributed by atoms with Gasteiger partial charge in [-0.3, -0.25) is 9.59 Å². The van der Waals surface area contributed by atoms with Gasteiger partial charge in [-0.1, -0.05) is 12.1 Å². The predicted molar refractivity (Wildman–Crippen MR) is 119 cm³/mol. The van der Waals surface area contributed by atoms with Crippen LogP contribution in [0.2, 0.25) is 0 Å². The minimum atomic E-state index is -0.205. The van der Waals surface area contributed by atoms with E-state index in [0.29, 0.717) is 16.6 Å². The lowest BCUT2D eigenvalue weighted by Gasteiger charge is -2.29. The maximum Gasteiger partial charge on any atom is 0.265 e. The molecule has 1 aliphatic heterocycles. The molecule has 7 nitrogen and oxygen atoms in total. The van der Waals surface area contributed by atoms with E-state index in [-0.39, 0.29) is 31.4 Å². The topological polar surface area (TPSA) is 80.8 Å². The summed E-state index contributed by atoms with van der Waals surface area (Å²) in [5.74, 6) is 1.01. The third kappa shape index (κ3) is 4.31. The second-order valence-corrected chi connectivity index (χ2v) is 8.20. The fourth-order valence-corrected chi connectivity index (χ4v) is 4.36. The first kappa shape index (κ1) is 20.4. The Hall–Kier alpha value is -2.91. The average Bonchev–Trinajstić information content (AvgIpc) is 3.21. The van der Waals surface area contributed by atoms with Gasteiger partial charge in [0.05, 0.1) is 23.0 Å². The maximum absolute atomic E-state index is 12.4. The smallest absolute Gasteiger partial charge is 0.265 e. The summed E-state index contributed by atoms with van der Waals surface area (Å²) in [6.45, 7) is 0.251. The van der Waals surface area contributed by atoms with E-state index in [0.717, 1.165) is 21.5 Å². The van der Waals surface area contributed by atoms with Crippen LogP contribution in [0.1, 0.15) is 6.42 Å². The number of amides is 2. The molecule has 0 radical (unpaired) electrons. The molecule has 154 valence electrons. The van der Waals surface area contributed by atoms with Crippen LogP contribution in [-0.2, 0) is 9.59 Å². The van der Waals surface area contributed by atoms with Crippen LogP contribution in [0.4, 0.5) is 10.8 Å². The van der Waals surface area contributed by atoms with E-state index in [1.165, 1.54) is 11.3 Å². The number of carbonyl (C=O) groups excluding carboxylic acids is 2. The molecule has 1 aliphatic rings. The lowest BCUT2D eigenvalue weighted by atomic mass is 10.2. The highest BCUT2D eigenvalue weighted by Crippen LogP contribution is 2.33. The van der Waals surface area contributed by atoms with Gasteiger partial charge < -0.3 is 19.7 Å². The van der Waals surface area contributed by atoms with E-state index in [9.17, 15) is 9.59 Å². The number of methoxy groups -OCH3 is 1. The molecule has 1 aromatic heterocycles. The molecule has 0 saturated heterocycles. The number of thiazole rings is 1. The van der Waals surface area contributed by atoms with Crippen molar-refractivity contribution >= 4 is 49.9 Å². The monoisotopic (exact) mass is 487 g/mol. The predicted octanol–water partition coefficient (Wildman–Crippen LogP) is 4.34. The summed E-state index contributed by atoms with van der Waals surface area (Å²) >= 11 is 4.82. The lowest BCUT2D eigenvalue weighted by molar-refractivity contribution is -0.121. The van der Waals surface area contributed by atoms with Gasteiger partial charge in [-0.2, -0.15) is 0 Å². The lowest BCUT2D eigenvalue weighted by Crippen LogP contribution is -2.40. The van der Waals surface area contributed by atoms with Gasteiger partial charge in [0.15, 0.2) is 11.7 Å². The van der Waals surface area contributed by atoms with E-state index in [1.807, 2.05) is 47.8 Å². The van der Waals surface area contributed by atoms with Crippen molar-refractivity contribution in [2.24, 2.45) is 0 Å². The molecule has 4 rings (SSSR count). The molecule has 0 saturated carbocycles. The van der Waals surface area contributed by atoms with Gasteiger partial charge >= 0.3 is 0 Å². The standard InChI is InChI=1S/C21H18BrN3O4S/c1-28-17-7-6-13(10-14(17)22)15-12-30-21(23-15)24-19(26)8-9-25-16-4-2-3-5-18(16)29-11-20(25)27/h2-7,10,12H,8-9,11H2,1H3,(H,23,24,26). The average molecular weight is 488 g/mol.